The quantitative estimate of drug-likeness (QED) is 0.228. The van der Waals surface area contributed by atoms with Gasteiger partial charge in [0.25, 0.3) is 30.3 Å². The molecule has 0 saturated heterocycles. The number of aromatic carboxylic acids is 2. The topological polar surface area (TPSA) is 250 Å². The summed E-state index contributed by atoms with van der Waals surface area (Å²) in [6.07, 6.45) is 0. The van der Waals surface area contributed by atoms with Gasteiger partial charge >= 0.3 is 11.9 Å². The second-order valence-electron chi connectivity index (χ2n) is 6.88. The van der Waals surface area contributed by atoms with E-state index in [9.17, 15) is 54.2 Å². The number of carbonyl (C=O) groups is 2. The molecule has 35 heavy (non-hydrogen) atoms. The third kappa shape index (κ3) is 5.17. The molecule has 17 heteroatoms. The summed E-state index contributed by atoms with van der Waals surface area (Å²) in [4.78, 5) is 20.0. The Morgan fingerprint density at radius 3 is 1.69 bits per heavy atom. The molecule has 0 spiro atoms. The van der Waals surface area contributed by atoms with Crippen molar-refractivity contribution in [2.45, 2.75) is 14.7 Å². The lowest BCUT2D eigenvalue weighted by atomic mass is 10.1. The first-order chi connectivity index (χ1) is 15.9. The zero-order valence-corrected chi connectivity index (χ0v) is 19.2. The van der Waals surface area contributed by atoms with E-state index in [2.05, 4.69) is 0 Å². The van der Waals surface area contributed by atoms with Crippen molar-refractivity contribution in [3.8, 4) is 5.75 Å². The van der Waals surface area contributed by atoms with Crippen molar-refractivity contribution in [3.05, 3.63) is 53.6 Å². The van der Waals surface area contributed by atoms with Gasteiger partial charge in [-0.15, -0.1) is 0 Å². The molecule has 0 amide bonds. The molecule has 3 rings (SSSR count). The number of phenolic OH excluding ortho intramolecular Hbond substituents is 1. The number of hydrogen-bond acceptors (Lipinski definition) is 9. The molecule has 0 heterocycles. The van der Waals surface area contributed by atoms with Gasteiger partial charge in [-0.05, 0) is 41.8 Å². The summed E-state index contributed by atoms with van der Waals surface area (Å²) in [5, 5.41) is 27.7. The van der Waals surface area contributed by atoms with Crippen molar-refractivity contribution in [3.63, 3.8) is 0 Å². The maximum atomic E-state index is 12.9. The smallest absolute Gasteiger partial charge is 0.336 e. The average molecular weight is 547 g/mol. The summed E-state index contributed by atoms with van der Waals surface area (Å²) in [6, 6.07) is 4.52. The van der Waals surface area contributed by atoms with Gasteiger partial charge in [0.05, 0.1) is 31.5 Å². The van der Waals surface area contributed by atoms with E-state index in [1.54, 1.807) is 0 Å². The summed E-state index contributed by atoms with van der Waals surface area (Å²) in [5.41, 5.74) is -2.28. The van der Waals surface area contributed by atoms with E-state index in [0.717, 1.165) is 6.07 Å². The Hall–Kier alpha value is -3.77. The second-order valence-corrected chi connectivity index (χ2v) is 11.4. The lowest BCUT2D eigenvalue weighted by Gasteiger charge is -2.15. The van der Waals surface area contributed by atoms with E-state index in [-0.39, 0.29) is 0 Å². The fourth-order valence-corrected chi connectivity index (χ4v) is 5.24. The van der Waals surface area contributed by atoms with Gasteiger partial charge in [0, 0.05) is 11.5 Å². The molecule has 0 aliphatic carbocycles. The van der Waals surface area contributed by atoms with Crippen molar-refractivity contribution in [2.24, 2.45) is 0 Å². The number of fused-ring (bicyclic) bond motifs is 1. The third-order valence-electron chi connectivity index (χ3n) is 4.58. The zero-order chi connectivity index (χ0) is 26.5. The Kier molecular flexibility index (Phi) is 6.25. The van der Waals surface area contributed by atoms with Crippen molar-refractivity contribution in [1.29, 1.82) is 0 Å². The second kappa shape index (κ2) is 8.47. The van der Waals surface area contributed by atoms with E-state index in [1.807, 2.05) is 4.72 Å². The number of nitrogens with one attached hydrogen (secondary N) is 1. The molecule has 3 aromatic rings. The van der Waals surface area contributed by atoms with Gasteiger partial charge in [-0.3, -0.25) is 13.8 Å². The molecule has 0 fully saturated rings. The highest BCUT2D eigenvalue weighted by Gasteiger charge is 2.25. The van der Waals surface area contributed by atoms with Crippen molar-refractivity contribution in [1.82, 2.24) is 0 Å². The Balaban J connectivity index is 2.29. The minimum absolute atomic E-state index is 0.432. The molecular formula is C18H13NO13S3. The number of benzene rings is 3. The molecule has 3 aromatic carbocycles. The van der Waals surface area contributed by atoms with Crippen LogP contribution in [-0.4, -0.2) is 61.6 Å². The van der Waals surface area contributed by atoms with Crippen LogP contribution in [-0.2, 0) is 30.3 Å². The normalized spacial score (nSPS) is 12.4. The molecule has 0 aliphatic rings. The monoisotopic (exact) mass is 547 g/mol. The van der Waals surface area contributed by atoms with Gasteiger partial charge in [-0.2, -0.15) is 16.8 Å². The Bertz CT molecular complexity index is 1740. The van der Waals surface area contributed by atoms with E-state index < -0.39 is 90.2 Å². The van der Waals surface area contributed by atoms with E-state index in [1.165, 1.54) is 0 Å². The first-order valence-electron chi connectivity index (χ1n) is 8.81. The van der Waals surface area contributed by atoms with Gasteiger partial charge in [0.15, 0.2) is 0 Å². The summed E-state index contributed by atoms with van der Waals surface area (Å²) in [5.74, 6) is -4.32. The Labute approximate surface area is 196 Å². The Morgan fingerprint density at radius 1 is 0.686 bits per heavy atom. The predicted molar refractivity (Wildman–Crippen MR) is 116 cm³/mol. The summed E-state index contributed by atoms with van der Waals surface area (Å²) < 4.78 is 92.6. The fourth-order valence-electron chi connectivity index (χ4n) is 3.07. The van der Waals surface area contributed by atoms with Crippen LogP contribution in [0.2, 0.25) is 0 Å². The van der Waals surface area contributed by atoms with Crippen LogP contribution in [0.5, 0.6) is 5.75 Å². The minimum Gasteiger partial charge on any atom is -0.507 e. The van der Waals surface area contributed by atoms with Gasteiger partial charge in [0.2, 0.25) is 0 Å². The third-order valence-corrected chi connectivity index (χ3v) is 7.60. The molecule has 186 valence electrons. The zero-order valence-electron chi connectivity index (χ0n) is 16.8. The maximum Gasteiger partial charge on any atom is 0.336 e. The number of carboxylic acid groups (broad SMARTS) is 2. The highest BCUT2D eigenvalue weighted by Crippen LogP contribution is 2.37. The molecule has 14 nitrogen and oxygen atoms in total. The van der Waals surface area contributed by atoms with Crippen LogP contribution in [0, 0.1) is 0 Å². The molecule has 0 bridgehead atoms. The maximum absolute atomic E-state index is 12.9. The highest BCUT2D eigenvalue weighted by atomic mass is 32.2. The van der Waals surface area contributed by atoms with Crippen molar-refractivity contribution in [2.75, 3.05) is 4.72 Å². The summed E-state index contributed by atoms with van der Waals surface area (Å²) in [6.45, 7) is 0. The van der Waals surface area contributed by atoms with E-state index in [0.29, 0.717) is 36.4 Å². The van der Waals surface area contributed by atoms with Crippen LogP contribution in [0.4, 0.5) is 5.69 Å². The van der Waals surface area contributed by atoms with Gasteiger partial charge in [0.1, 0.15) is 5.75 Å². The number of sulfonamides is 1. The molecule has 0 saturated carbocycles. The van der Waals surface area contributed by atoms with Crippen LogP contribution in [0.25, 0.3) is 10.8 Å². The van der Waals surface area contributed by atoms with Gasteiger partial charge < -0.3 is 15.3 Å². The highest BCUT2D eigenvalue weighted by molar-refractivity contribution is 7.92. The number of rotatable bonds is 7. The van der Waals surface area contributed by atoms with E-state index in [4.69, 9.17) is 5.11 Å². The Morgan fingerprint density at radius 2 is 1.20 bits per heavy atom. The lowest BCUT2D eigenvalue weighted by molar-refractivity contribution is 0.0651. The van der Waals surface area contributed by atoms with Crippen LogP contribution in [0.3, 0.4) is 0 Å². The predicted octanol–water partition coefficient (Wildman–Crippen LogP) is 1.24. The first kappa shape index (κ1) is 25.8. The molecule has 0 unspecified atom stereocenters. The lowest BCUT2D eigenvalue weighted by Crippen LogP contribution is -2.16. The van der Waals surface area contributed by atoms with Crippen molar-refractivity contribution < 1.29 is 59.3 Å². The summed E-state index contributed by atoms with van der Waals surface area (Å²) >= 11 is 0. The van der Waals surface area contributed by atoms with Crippen LogP contribution >= 0.6 is 0 Å². The standard InChI is InChI=1S/C18H13NO13S3/c20-15-7-11(35(30,31)32)4-8-3-10(34(27,28)29)6-14(16(8)15)19-33(25,26)9-1-2-12(17(21)22)13(5-9)18(23)24/h1-7,19-20H,(H,21,22)(H,23,24)(H,27,28,29)(H,30,31,32). The van der Waals surface area contributed by atoms with Crippen LogP contribution in [0.1, 0.15) is 20.7 Å². The average Bonchev–Trinajstić information content (AvgIpc) is 2.71. The fraction of sp³-hybridized carbons (Fsp3) is 0. The number of phenols is 1. The van der Waals surface area contributed by atoms with Crippen LogP contribution < -0.4 is 4.72 Å². The molecule has 0 aliphatic heterocycles. The van der Waals surface area contributed by atoms with Gasteiger partial charge in [-0.25, -0.2) is 18.0 Å². The number of carboxylic acids is 2. The molecule has 6 N–H and O–H groups in total. The number of anilines is 1. The summed E-state index contributed by atoms with van der Waals surface area (Å²) in [7, 11) is -14.7. The SMILES string of the molecule is O=C(O)c1ccc(S(=O)(=O)Nc2cc(S(=O)(=O)O)cc3cc(S(=O)(=O)O)cc(O)c23)cc1C(=O)O. The molecule has 0 atom stereocenters. The number of aromatic hydroxyl groups is 1. The van der Waals surface area contributed by atoms with Crippen LogP contribution in [0.15, 0.2) is 57.2 Å². The largest absolute Gasteiger partial charge is 0.507 e. The molecule has 0 radical (unpaired) electrons. The molecular weight excluding hydrogens is 534 g/mol. The molecule has 0 aromatic heterocycles. The first-order valence-corrected chi connectivity index (χ1v) is 13.2. The van der Waals surface area contributed by atoms with Crippen molar-refractivity contribution >= 4 is 58.7 Å². The number of hydrogen-bond donors (Lipinski definition) is 6. The van der Waals surface area contributed by atoms with Gasteiger partial charge in [-0.1, -0.05) is 0 Å². The minimum atomic E-state index is -5.00. The van der Waals surface area contributed by atoms with E-state index >= 15 is 0 Å².